The Morgan fingerprint density at radius 2 is 1.82 bits per heavy atom. The zero-order valence-corrected chi connectivity index (χ0v) is 16.6. The van der Waals surface area contributed by atoms with Crippen LogP contribution in [0, 0.1) is 0 Å². The van der Waals surface area contributed by atoms with Gasteiger partial charge in [0, 0.05) is 35.8 Å². The molecule has 0 spiro atoms. The third kappa shape index (κ3) is 4.52. The number of thiophene rings is 1. The van der Waals surface area contributed by atoms with Gasteiger partial charge in [-0.1, -0.05) is 0 Å². The van der Waals surface area contributed by atoms with E-state index in [2.05, 4.69) is 15.6 Å². The number of nitrogens with one attached hydrogen (secondary N) is 2. The van der Waals surface area contributed by atoms with Crippen LogP contribution in [-0.2, 0) is 6.54 Å². The van der Waals surface area contributed by atoms with Crippen molar-refractivity contribution in [2.75, 3.05) is 26.6 Å². The summed E-state index contributed by atoms with van der Waals surface area (Å²) in [5.74, 6) is 1.40. The van der Waals surface area contributed by atoms with Gasteiger partial charge in [0.1, 0.15) is 0 Å². The summed E-state index contributed by atoms with van der Waals surface area (Å²) in [4.78, 5) is 16.7. The third-order valence-electron chi connectivity index (χ3n) is 4.02. The lowest BCUT2D eigenvalue weighted by molar-refractivity contribution is 0.251. The van der Waals surface area contributed by atoms with E-state index in [1.807, 2.05) is 29.0 Å². The van der Waals surface area contributed by atoms with Gasteiger partial charge in [-0.15, -0.1) is 0 Å². The molecule has 0 aliphatic carbocycles. The number of pyridine rings is 1. The minimum absolute atomic E-state index is 0.344. The van der Waals surface area contributed by atoms with Crippen LogP contribution in [-0.4, -0.2) is 32.3 Å². The number of carbonyl (C=O) groups excluding carboxylic acids is 1. The van der Waals surface area contributed by atoms with E-state index in [0.29, 0.717) is 29.5 Å². The van der Waals surface area contributed by atoms with E-state index in [4.69, 9.17) is 14.2 Å². The van der Waals surface area contributed by atoms with Gasteiger partial charge < -0.3 is 24.8 Å². The number of anilines is 1. The normalized spacial score (nSPS) is 10.2. The first-order valence-electron chi connectivity index (χ1n) is 8.47. The number of benzene rings is 1. The minimum atomic E-state index is -0.344. The van der Waals surface area contributed by atoms with Gasteiger partial charge in [-0.05, 0) is 29.1 Å². The molecule has 0 unspecified atom stereocenters. The lowest BCUT2D eigenvalue weighted by Gasteiger charge is -2.15. The van der Waals surface area contributed by atoms with E-state index in [0.717, 1.165) is 16.8 Å². The quantitative estimate of drug-likeness (QED) is 0.624. The Kier molecular flexibility index (Phi) is 6.33. The molecule has 0 fully saturated rings. The molecule has 7 nitrogen and oxygen atoms in total. The van der Waals surface area contributed by atoms with Crippen molar-refractivity contribution in [2.45, 2.75) is 6.54 Å². The minimum Gasteiger partial charge on any atom is -0.493 e. The summed E-state index contributed by atoms with van der Waals surface area (Å²) < 4.78 is 15.9. The van der Waals surface area contributed by atoms with Crippen LogP contribution >= 0.6 is 11.3 Å². The fraction of sp³-hybridized carbons (Fsp3) is 0.200. The molecule has 28 heavy (non-hydrogen) atoms. The first kappa shape index (κ1) is 19.5. The lowest BCUT2D eigenvalue weighted by atomic mass is 10.1. The fourth-order valence-electron chi connectivity index (χ4n) is 2.66. The first-order chi connectivity index (χ1) is 13.6. The van der Waals surface area contributed by atoms with Crippen LogP contribution in [0.15, 0.2) is 47.3 Å². The van der Waals surface area contributed by atoms with Crippen LogP contribution in [0.3, 0.4) is 0 Å². The average molecular weight is 399 g/mol. The largest absolute Gasteiger partial charge is 0.493 e. The Labute approximate surface area is 167 Å². The van der Waals surface area contributed by atoms with Crippen molar-refractivity contribution in [1.82, 2.24) is 10.3 Å². The molecule has 0 radical (unpaired) electrons. The standard InChI is InChI=1S/C20H21N3O4S/c1-25-17-9-15(10-18(26-2)19(17)27-3)23-20(24)22-11-13-4-6-21-16(8-13)14-5-7-28-12-14/h4-10,12H,11H2,1-3H3,(H2,22,23,24). The van der Waals surface area contributed by atoms with Gasteiger partial charge in [0.25, 0.3) is 0 Å². The number of amides is 2. The Morgan fingerprint density at radius 3 is 2.43 bits per heavy atom. The summed E-state index contributed by atoms with van der Waals surface area (Å²) >= 11 is 1.62. The molecule has 2 amide bonds. The van der Waals surface area contributed by atoms with Gasteiger partial charge in [-0.2, -0.15) is 11.3 Å². The maximum atomic E-state index is 12.3. The summed E-state index contributed by atoms with van der Waals surface area (Å²) in [6.45, 7) is 0.371. The van der Waals surface area contributed by atoms with Gasteiger partial charge in [-0.3, -0.25) is 4.98 Å². The van der Waals surface area contributed by atoms with Crippen molar-refractivity contribution in [1.29, 1.82) is 0 Å². The Morgan fingerprint density at radius 1 is 1.07 bits per heavy atom. The van der Waals surface area contributed by atoms with Crippen LogP contribution in [0.25, 0.3) is 11.3 Å². The molecule has 0 saturated carbocycles. The molecule has 0 aliphatic heterocycles. The zero-order chi connectivity index (χ0) is 19.9. The number of ether oxygens (including phenoxy) is 3. The summed E-state index contributed by atoms with van der Waals surface area (Å²) in [5, 5.41) is 9.66. The number of hydrogen-bond acceptors (Lipinski definition) is 6. The van der Waals surface area contributed by atoms with Gasteiger partial charge >= 0.3 is 6.03 Å². The second-order valence-electron chi connectivity index (χ2n) is 5.78. The van der Waals surface area contributed by atoms with Gasteiger partial charge in [0.2, 0.25) is 5.75 Å². The summed E-state index contributed by atoms with van der Waals surface area (Å²) in [6, 6.07) is 8.84. The Balaban J connectivity index is 1.66. The maximum absolute atomic E-state index is 12.3. The summed E-state index contributed by atoms with van der Waals surface area (Å²) in [7, 11) is 4.57. The molecule has 2 aromatic heterocycles. The van der Waals surface area contributed by atoms with E-state index >= 15 is 0 Å². The van der Waals surface area contributed by atoms with Crippen molar-refractivity contribution in [3.05, 3.63) is 52.9 Å². The molecule has 3 aromatic rings. The molecular formula is C20H21N3O4S. The second-order valence-corrected chi connectivity index (χ2v) is 6.56. The van der Waals surface area contributed by atoms with E-state index < -0.39 is 0 Å². The van der Waals surface area contributed by atoms with Crippen molar-refractivity contribution in [3.8, 4) is 28.5 Å². The molecule has 3 rings (SSSR count). The number of nitrogens with zero attached hydrogens (tertiary/aromatic N) is 1. The van der Waals surface area contributed by atoms with Crippen LogP contribution < -0.4 is 24.8 Å². The van der Waals surface area contributed by atoms with Crippen molar-refractivity contribution in [2.24, 2.45) is 0 Å². The Bertz CT molecular complexity index is 919. The van der Waals surface area contributed by atoms with E-state index in [1.54, 1.807) is 29.7 Å². The highest BCUT2D eigenvalue weighted by atomic mass is 32.1. The zero-order valence-electron chi connectivity index (χ0n) is 15.8. The number of hydrogen-bond donors (Lipinski definition) is 2. The lowest BCUT2D eigenvalue weighted by Crippen LogP contribution is -2.28. The summed E-state index contributed by atoms with van der Waals surface area (Å²) in [6.07, 6.45) is 1.74. The average Bonchev–Trinajstić information content (AvgIpc) is 3.26. The van der Waals surface area contributed by atoms with Crippen LogP contribution in [0.4, 0.5) is 10.5 Å². The van der Waals surface area contributed by atoms with Crippen molar-refractivity contribution < 1.29 is 19.0 Å². The molecular weight excluding hydrogens is 378 g/mol. The highest BCUT2D eigenvalue weighted by Gasteiger charge is 2.14. The number of rotatable bonds is 7. The molecule has 8 heteroatoms. The summed E-state index contributed by atoms with van der Waals surface area (Å²) in [5.41, 5.74) is 3.43. The Hall–Kier alpha value is -3.26. The van der Waals surface area contributed by atoms with Gasteiger partial charge in [-0.25, -0.2) is 4.79 Å². The van der Waals surface area contributed by atoms with Crippen molar-refractivity contribution in [3.63, 3.8) is 0 Å². The topological polar surface area (TPSA) is 81.7 Å². The second kappa shape index (κ2) is 9.09. The molecule has 146 valence electrons. The van der Waals surface area contributed by atoms with Crippen LogP contribution in [0.1, 0.15) is 5.56 Å². The predicted molar refractivity (Wildman–Crippen MR) is 110 cm³/mol. The molecule has 2 heterocycles. The maximum Gasteiger partial charge on any atom is 0.319 e. The molecule has 0 saturated heterocycles. The number of methoxy groups -OCH3 is 3. The van der Waals surface area contributed by atoms with Crippen LogP contribution in [0.5, 0.6) is 17.2 Å². The molecule has 0 atom stereocenters. The van der Waals surface area contributed by atoms with E-state index in [-0.39, 0.29) is 6.03 Å². The molecule has 0 aliphatic rings. The fourth-order valence-corrected chi connectivity index (χ4v) is 3.31. The monoisotopic (exact) mass is 399 g/mol. The molecule has 0 bridgehead atoms. The highest BCUT2D eigenvalue weighted by Crippen LogP contribution is 2.39. The van der Waals surface area contributed by atoms with Crippen molar-refractivity contribution >= 4 is 23.1 Å². The third-order valence-corrected chi connectivity index (χ3v) is 4.70. The number of urea groups is 1. The number of aromatic nitrogens is 1. The number of carbonyl (C=O) groups is 1. The highest BCUT2D eigenvalue weighted by molar-refractivity contribution is 7.08. The van der Waals surface area contributed by atoms with Crippen LogP contribution in [0.2, 0.25) is 0 Å². The molecule has 2 N–H and O–H groups in total. The SMILES string of the molecule is COc1cc(NC(=O)NCc2ccnc(-c3ccsc3)c2)cc(OC)c1OC. The van der Waals surface area contributed by atoms with E-state index in [1.165, 1.54) is 21.3 Å². The molecule has 1 aromatic carbocycles. The predicted octanol–water partition coefficient (Wildman–Crippen LogP) is 4.16. The van der Waals surface area contributed by atoms with E-state index in [9.17, 15) is 4.79 Å². The smallest absolute Gasteiger partial charge is 0.319 e. The van der Waals surface area contributed by atoms with Gasteiger partial charge in [0.05, 0.1) is 32.7 Å². The van der Waals surface area contributed by atoms with Gasteiger partial charge in [0.15, 0.2) is 11.5 Å². The first-order valence-corrected chi connectivity index (χ1v) is 9.41.